The molecular formula is C45H58FN7O9S2Si. The van der Waals surface area contributed by atoms with E-state index in [1.165, 1.54) is 40.8 Å². The topological polar surface area (TPSA) is 188 Å². The summed E-state index contributed by atoms with van der Waals surface area (Å²) < 4.78 is 92.7. The van der Waals surface area contributed by atoms with Gasteiger partial charge in [0, 0.05) is 31.9 Å². The summed E-state index contributed by atoms with van der Waals surface area (Å²) in [7, 11) is -7.48. The molecule has 1 amide bonds. The van der Waals surface area contributed by atoms with Crippen molar-refractivity contribution in [1.82, 2.24) is 33.2 Å². The minimum absolute atomic E-state index is 0.0118. The molecule has 1 saturated carbocycles. The van der Waals surface area contributed by atoms with Gasteiger partial charge >= 0.3 is 11.8 Å². The lowest BCUT2D eigenvalue weighted by atomic mass is 9.97. The maximum atomic E-state index is 16.3. The van der Waals surface area contributed by atoms with Crippen molar-refractivity contribution >= 4 is 56.6 Å². The Kier molecular flexibility index (Phi) is 12.7. The molecule has 4 aromatic heterocycles. The monoisotopic (exact) mass is 951 g/mol. The minimum atomic E-state index is -4.54. The summed E-state index contributed by atoms with van der Waals surface area (Å²) in [5.41, 5.74) is 0.952. The highest BCUT2D eigenvalue weighted by Gasteiger charge is 2.46. The molecule has 2 aromatic carbocycles. The molecular weight excluding hydrogens is 894 g/mol. The van der Waals surface area contributed by atoms with Gasteiger partial charge in [-0.3, -0.25) is 18.0 Å². The molecule has 1 aliphatic rings. The number of hydrogen-bond donors (Lipinski definition) is 1. The Balaban J connectivity index is 1.51. The summed E-state index contributed by atoms with van der Waals surface area (Å²) in [4.78, 5) is 32.9. The van der Waals surface area contributed by atoms with Crippen LogP contribution >= 0.6 is 0 Å². The molecule has 65 heavy (non-hydrogen) atoms. The lowest BCUT2D eigenvalue weighted by Crippen LogP contribution is -2.50. The van der Waals surface area contributed by atoms with Crippen molar-refractivity contribution in [3.63, 3.8) is 0 Å². The third-order valence-electron chi connectivity index (χ3n) is 12.3. The van der Waals surface area contributed by atoms with E-state index in [0.29, 0.717) is 35.9 Å². The number of pyridine rings is 1. The average Bonchev–Trinajstić information content (AvgIpc) is 3.92. The van der Waals surface area contributed by atoms with Crippen molar-refractivity contribution < 1.29 is 39.4 Å². The van der Waals surface area contributed by atoms with Crippen LogP contribution in [-0.2, 0) is 54.0 Å². The molecule has 16 nitrogen and oxygen atoms in total. The smallest absolute Gasteiger partial charge is 0.407 e. The van der Waals surface area contributed by atoms with Gasteiger partial charge in [0.15, 0.2) is 14.0 Å². The maximum absolute atomic E-state index is 16.3. The van der Waals surface area contributed by atoms with Crippen molar-refractivity contribution in [2.75, 3.05) is 12.9 Å². The molecule has 1 fully saturated rings. The zero-order chi connectivity index (χ0) is 47.6. The summed E-state index contributed by atoms with van der Waals surface area (Å²) in [6.45, 7) is 15.9. The molecule has 0 aliphatic heterocycles. The van der Waals surface area contributed by atoms with Crippen LogP contribution in [0.2, 0.25) is 18.1 Å². The highest BCUT2D eigenvalue weighted by molar-refractivity contribution is 7.90. The number of imidazole rings is 1. The number of nitrogens with one attached hydrogen (secondary N) is 1. The predicted molar refractivity (Wildman–Crippen MR) is 250 cm³/mol. The van der Waals surface area contributed by atoms with E-state index in [-0.39, 0.29) is 50.8 Å². The molecule has 7 rings (SSSR count). The van der Waals surface area contributed by atoms with Gasteiger partial charge in [-0.25, -0.2) is 27.0 Å². The van der Waals surface area contributed by atoms with E-state index in [0.717, 1.165) is 15.8 Å². The first-order valence-electron chi connectivity index (χ1n) is 21.4. The fraction of sp³-hybridized carbons (Fsp3) is 0.467. The van der Waals surface area contributed by atoms with E-state index >= 15 is 12.8 Å². The molecule has 0 bridgehead atoms. The number of carbonyl (C=O) groups excluding carboxylic acids is 1. The van der Waals surface area contributed by atoms with Crippen LogP contribution in [0.5, 0.6) is 0 Å². The number of alkyl carbamates (subject to hydrolysis) is 1. The molecule has 0 radical (unpaired) electrons. The highest BCUT2D eigenvalue weighted by Crippen LogP contribution is 2.47. The van der Waals surface area contributed by atoms with Crippen molar-refractivity contribution in [3.05, 3.63) is 89.0 Å². The summed E-state index contributed by atoms with van der Waals surface area (Å²) in [5, 5.41) is 7.12. The number of ether oxygens (including phenoxy) is 1. The number of nitrogens with zero attached hydrogens (tertiary/aromatic N) is 6. The second-order valence-corrected chi connectivity index (χ2v) is 27.5. The first-order valence-corrected chi connectivity index (χ1v) is 27.6. The fourth-order valence-electron chi connectivity index (χ4n) is 8.26. The van der Waals surface area contributed by atoms with Gasteiger partial charge in [-0.1, -0.05) is 63.2 Å². The van der Waals surface area contributed by atoms with Crippen LogP contribution in [0.15, 0.2) is 76.7 Å². The number of aromatic nitrogens is 6. The Morgan fingerprint density at radius 1 is 0.969 bits per heavy atom. The van der Waals surface area contributed by atoms with E-state index in [1.807, 2.05) is 12.1 Å². The van der Waals surface area contributed by atoms with Crippen LogP contribution in [0.3, 0.4) is 0 Å². The molecule has 1 aliphatic carbocycles. The van der Waals surface area contributed by atoms with Crippen molar-refractivity contribution in [3.8, 4) is 22.4 Å². The number of hydrogen-bond acceptors (Lipinski definition) is 11. The van der Waals surface area contributed by atoms with Crippen LogP contribution in [0, 0.1) is 5.95 Å². The number of fused-ring (bicyclic) bond motifs is 3. The molecule has 0 unspecified atom stereocenters. The Hall–Kier alpha value is -5.15. The maximum Gasteiger partial charge on any atom is 0.407 e. The Labute approximate surface area is 380 Å². The molecule has 4 heterocycles. The first-order chi connectivity index (χ1) is 30.2. The zero-order valence-electron chi connectivity index (χ0n) is 38.7. The van der Waals surface area contributed by atoms with Crippen molar-refractivity contribution in [1.29, 1.82) is 0 Å². The number of amides is 1. The lowest BCUT2D eigenvalue weighted by Gasteiger charge is -2.40. The number of benzene rings is 2. The summed E-state index contributed by atoms with van der Waals surface area (Å²) in [6.07, 6.45) is 4.15. The molecule has 3 atom stereocenters. The van der Waals surface area contributed by atoms with Gasteiger partial charge in [0.2, 0.25) is 5.95 Å². The van der Waals surface area contributed by atoms with Gasteiger partial charge < -0.3 is 14.5 Å². The van der Waals surface area contributed by atoms with Crippen LogP contribution in [0.25, 0.3) is 44.5 Å². The van der Waals surface area contributed by atoms with Crippen LogP contribution < -0.4 is 11.0 Å². The number of halogens is 1. The third kappa shape index (κ3) is 9.59. The van der Waals surface area contributed by atoms with Gasteiger partial charge in [-0.2, -0.15) is 12.8 Å². The molecule has 0 saturated heterocycles. The fourth-order valence-corrected chi connectivity index (χ4v) is 11.6. The standard InChI is InChI=1S/C45H58FN7O9S2Si/c1-44(2,3)61-42(54)48-33-24-30(25-35(33)62-65(10,11)45(4,5)6)52-39-34(51(8)43(52)55)26-47-41-37(39)36(29-21-19-28(20-22-29)16-15-23-60-63(9,56)57)38(32-27-50(7)49-40(32)46)53(41)64(58,59)31-17-13-12-14-18-31/h12-14,17-22,26-27,30,33,35H,15-16,23-25H2,1-11H3,(H,48,54)/t30-,33-,35+/m0/s1. The number of aryl methyl sites for hydroxylation is 3. The van der Waals surface area contributed by atoms with Gasteiger partial charge in [-0.15, -0.1) is 5.10 Å². The molecule has 20 heteroatoms. The minimum Gasteiger partial charge on any atom is -0.444 e. The largest absolute Gasteiger partial charge is 0.444 e. The van der Waals surface area contributed by atoms with Crippen LogP contribution in [-0.4, -0.2) is 89.7 Å². The average molecular weight is 952 g/mol. The Morgan fingerprint density at radius 2 is 1.63 bits per heavy atom. The van der Waals surface area contributed by atoms with Crippen LogP contribution in [0.1, 0.15) is 72.4 Å². The van der Waals surface area contributed by atoms with Crippen molar-refractivity contribution in [2.24, 2.45) is 14.1 Å². The van der Waals surface area contributed by atoms with Crippen LogP contribution in [0.4, 0.5) is 9.18 Å². The summed E-state index contributed by atoms with van der Waals surface area (Å²) in [5.74, 6) is -0.928. The van der Waals surface area contributed by atoms with E-state index in [2.05, 4.69) is 44.3 Å². The number of rotatable bonds is 13. The SMILES string of the molecule is Cn1cc(-c2c(-c3ccc(CCCOS(C)(=O)=O)cc3)c3c(ncc4c3n([C@H]3C[C@H](NC(=O)OC(C)(C)C)[C@H](O[Si](C)(C)C(C)(C)C)C3)c(=O)n4C)n2S(=O)(=O)c2ccccc2)c(F)n1. The zero-order valence-corrected chi connectivity index (χ0v) is 41.3. The highest BCUT2D eigenvalue weighted by atomic mass is 32.2. The van der Waals surface area contributed by atoms with E-state index in [4.69, 9.17) is 18.3 Å². The van der Waals surface area contributed by atoms with E-state index in [9.17, 15) is 18.0 Å². The second-order valence-electron chi connectivity index (χ2n) is 19.3. The predicted octanol–water partition coefficient (Wildman–Crippen LogP) is 7.66. The molecule has 0 spiro atoms. The number of carbonyl (C=O) groups is 1. The lowest BCUT2D eigenvalue weighted by molar-refractivity contribution is 0.0456. The van der Waals surface area contributed by atoms with Gasteiger partial charge in [-0.05, 0) is 87.8 Å². The molecule has 350 valence electrons. The normalized spacial score (nSPS) is 17.6. The Morgan fingerprint density at radius 3 is 2.22 bits per heavy atom. The first kappa shape index (κ1) is 47.8. The van der Waals surface area contributed by atoms with Crippen molar-refractivity contribution in [2.45, 2.75) is 114 Å². The molecule has 6 aromatic rings. The Bertz CT molecular complexity index is 3060. The summed E-state index contributed by atoms with van der Waals surface area (Å²) in [6, 6.07) is 13.8. The van der Waals surface area contributed by atoms with Gasteiger partial charge in [0.05, 0.1) is 63.8 Å². The van der Waals surface area contributed by atoms with E-state index in [1.54, 1.807) is 62.7 Å². The summed E-state index contributed by atoms with van der Waals surface area (Å²) >= 11 is 0. The van der Waals surface area contributed by atoms with Gasteiger partial charge in [0.25, 0.3) is 20.1 Å². The van der Waals surface area contributed by atoms with E-state index < -0.39 is 70.0 Å². The third-order valence-corrected chi connectivity index (χ3v) is 19.1. The quantitative estimate of drug-likeness (QED) is 0.0680. The second kappa shape index (κ2) is 17.2. The van der Waals surface area contributed by atoms with Gasteiger partial charge in [0.1, 0.15) is 5.60 Å². The molecule has 1 N–H and O–H groups in total.